The van der Waals surface area contributed by atoms with Gasteiger partial charge in [0.15, 0.2) is 10.3 Å². The lowest BCUT2D eigenvalue weighted by Crippen LogP contribution is -2.08. The lowest BCUT2D eigenvalue weighted by molar-refractivity contribution is -0.139. The van der Waals surface area contributed by atoms with Crippen molar-refractivity contribution in [3.05, 3.63) is 47.5 Å². The Morgan fingerprint density at radius 3 is 2.35 bits per heavy atom. The zero-order chi connectivity index (χ0) is 22.2. The molecule has 0 radical (unpaired) electrons. The minimum absolute atomic E-state index is 0.163. The van der Waals surface area contributed by atoms with E-state index in [1.165, 1.54) is 23.5 Å². The van der Waals surface area contributed by atoms with Crippen molar-refractivity contribution in [2.45, 2.75) is 43.8 Å². The second kappa shape index (κ2) is 11.1. The molecule has 0 saturated carbocycles. The minimum atomic E-state index is -0.284. The SMILES string of the molecule is CCOC(=O)CSc1nnc(CSc2nc(C)cc(C)n2)n1-c1ccc(OCC)cc1. The van der Waals surface area contributed by atoms with Crippen LogP contribution in [0.4, 0.5) is 0 Å². The maximum Gasteiger partial charge on any atom is 0.316 e. The van der Waals surface area contributed by atoms with E-state index in [2.05, 4.69) is 20.2 Å². The van der Waals surface area contributed by atoms with E-state index in [0.717, 1.165) is 28.6 Å². The third-order valence-corrected chi connectivity index (χ3v) is 5.77. The smallest absolute Gasteiger partial charge is 0.316 e. The molecule has 0 aliphatic heterocycles. The van der Waals surface area contributed by atoms with Gasteiger partial charge in [0.1, 0.15) is 11.6 Å². The molecule has 8 nitrogen and oxygen atoms in total. The molecule has 1 aromatic carbocycles. The number of hydrogen-bond acceptors (Lipinski definition) is 9. The molecule has 0 fully saturated rings. The van der Waals surface area contributed by atoms with E-state index in [-0.39, 0.29) is 11.7 Å². The molecule has 2 aromatic heterocycles. The molecule has 0 N–H and O–H groups in total. The van der Waals surface area contributed by atoms with E-state index in [1.54, 1.807) is 6.92 Å². The summed E-state index contributed by atoms with van der Waals surface area (Å²) in [5, 5.41) is 9.99. The van der Waals surface area contributed by atoms with E-state index in [9.17, 15) is 4.79 Å². The van der Waals surface area contributed by atoms with Gasteiger partial charge < -0.3 is 9.47 Å². The van der Waals surface area contributed by atoms with E-state index < -0.39 is 0 Å². The molecule has 3 rings (SSSR count). The Hall–Kier alpha value is -2.59. The highest BCUT2D eigenvalue weighted by molar-refractivity contribution is 7.99. The quantitative estimate of drug-likeness (QED) is 0.253. The Morgan fingerprint density at radius 1 is 1.00 bits per heavy atom. The number of carbonyl (C=O) groups excluding carboxylic acids is 1. The zero-order valence-corrected chi connectivity index (χ0v) is 19.6. The summed E-state index contributed by atoms with van der Waals surface area (Å²) in [5.41, 5.74) is 2.74. The molecule has 3 aromatic rings. The molecule has 0 atom stereocenters. The van der Waals surface area contributed by atoms with E-state index in [4.69, 9.17) is 9.47 Å². The van der Waals surface area contributed by atoms with Gasteiger partial charge in [0.2, 0.25) is 0 Å². The predicted octanol–water partition coefficient (Wildman–Crippen LogP) is 4.02. The van der Waals surface area contributed by atoms with Crippen molar-refractivity contribution in [1.82, 2.24) is 24.7 Å². The van der Waals surface area contributed by atoms with Crippen LogP contribution in [-0.2, 0) is 15.3 Å². The topological polar surface area (TPSA) is 92.0 Å². The number of hydrogen-bond donors (Lipinski definition) is 0. The summed E-state index contributed by atoms with van der Waals surface area (Å²) in [6, 6.07) is 9.65. The van der Waals surface area contributed by atoms with Crippen LogP contribution in [0.3, 0.4) is 0 Å². The molecule has 0 spiro atoms. The third-order valence-electron chi connectivity index (χ3n) is 4.02. The first-order valence-corrected chi connectivity index (χ1v) is 11.9. The zero-order valence-electron chi connectivity index (χ0n) is 18.0. The summed E-state index contributed by atoms with van der Waals surface area (Å²) in [6.07, 6.45) is 0. The van der Waals surface area contributed by atoms with Gasteiger partial charge in [-0.2, -0.15) is 0 Å². The first kappa shape index (κ1) is 23.1. The molecule has 2 heterocycles. The van der Waals surface area contributed by atoms with Crippen LogP contribution in [0.15, 0.2) is 40.6 Å². The van der Waals surface area contributed by atoms with E-state index in [1.807, 2.05) is 55.7 Å². The summed E-state index contributed by atoms with van der Waals surface area (Å²) in [5.74, 6) is 1.94. The van der Waals surface area contributed by atoms with Gasteiger partial charge in [0, 0.05) is 17.1 Å². The van der Waals surface area contributed by atoms with Crippen molar-refractivity contribution in [3.63, 3.8) is 0 Å². The van der Waals surface area contributed by atoms with Gasteiger partial charge in [0.05, 0.1) is 24.7 Å². The number of rotatable bonds is 10. The molecule has 0 aliphatic rings. The van der Waals surface area contributed by atoms with Crippen molar-refractivity contribution in [3.8, 4) is 11.4 Å². The summed E-state index contributed by atoms with van der Waals surface area (Å²) in [7, 11) is 0. The Balaban J connectivity index is 1.86. The van der Waals surface area contributed by atoms with Crippen LogP contribution in [0.2, 0.25) is 0 Å². The van der Waals surface area contributed by atoms with Crippen molar-refractivity contribution in [1.29, 1.82) is 0 Å². The van der Waals surface area contributed by atoms with E-state index >= 15 is 0 Å². The highest BCUT2D eigenvalue weighted by Crippen LogP contribution is 2.27. The number of benzene rings is 1. The molecule has 164 valence electrons. The molecule has 10 heteroatoms. The number of nitrogens with zero attached hydrogens (tertiary/aromatic N) is 5. The summed E-state index contributed by atoms with van der Waals surface area (Å²) in [4.78, 5) is 20.8. The van der Waals surface area contributed by atoms with Crippen LogP contribution < -0.4 is 4.74 Å². The summed E-state index contributed by atoms with van der Waals surface area (Å²) < 4.78 is 12.5. The first-order valence-electron chi connectivity index (χ1n) is 9.91. The van der Waals surface area contributed by atoms with Crippen molar-refractivity contribution >= 4 is 29.5 Å². The Morgan fingerprint density at radius 2 is 1.71 bits per heavy atom. The van der Waals surface area contributed by atoms with Gasteiger partial charge >= 0.3 is 5.97 Å². The van der Waals surface area contributed by atoms with Gasteiger partial charge in [-0.15, -0.1) is 10.2 Å². The standard InChI is InChI=1S/C21H25N5O3S2/c1-5-28-17-9-7-16(8-10-17)26-18(12-30-20-22-14(3)11-15(4)23-20)24-25-21(26)31-13-19(27)29-6-2/h7-11H,5-6,12-13H2,1-4H3. The molecular formula is C21H25N5O3S2. The number of aryl methyl sites for hydroxylation is 2. The largest absolute Gasteiger partial charge is 0.494 e. The Bertz CT molecular complexity index is 1000. The molecule has 31 heavy (non-hydrogen) atoms. The van der Waals surface area contributed by atoms with Crippen LogP contribution in [0, 0.1) is 13.8 Å². The molecular weight excluding hydrogens is 434 g/mol. The molecule has 0 amide bonds. The lowest BCUT2D eigenvalue weighted by Gasteiger charge is -2.11. The second-order valence-electron chi connectivity index (χ2n) is 6.48. The van der Waals surface area contributed by atoms with Crippen LogP contribution in [0.1, 0.15) is 31.1 Å². The Labute approximate surface area is 190 Å². The van der Waals surface area contributed by atoms with Crippen LogP contribution in [0.25, 0.3) is 5.69 Å². The molecule has 0 saturated heterocycles. The molecule has 0 bridgehead atoms. The van der Waals surface area contributed by atoms with Crippen molar-refractivity contribution in [2.75, 3.05) is 19.0 Å². The third kappa shape index (κ3) is 6.44. The average molecular weight is 460 g/mol. The Kier molecular flexibility index (Phi) is 8.30. The van der Waals surface area contributed by atoms with Gasteiger partial charge in [-0.1, -0.05) is 23.5 Å². The minimum Gasteiger partial charge on any atom is -0.494 e. The normalized spacial score (nSPS) is 10.8. The molecule has 0 unspecified atom stereocenters. The van der Waals surface area contributed by atoms with Crippen LogP contribution in [-0.4, -0.2) is 49.7 Å². The average Bonchev–Trinajstić information content (AvgIpc) is 3.14. The number of esters is 1. The number of thioether (sulfide) groups is 2. The maximum atomic E-state index is 11.8. The number of aromatic nitrogens is 5. The fraction of sp³-hybridized carbons (Fsp3) is 0.381. The fourth-order valence-electron chi connectivity index (χ4n) is 2.82. The monoisotopic (exact) mass is 459 g/mol. The maximum absolute atomic E-state index is 11.8. The van der Waals surface area contributed by atoms with Gasteiger partial charge in [0.25, 0.3) is 0 Å². The van der Waals surface area contributed by atoms with Crippen LogP contribution >= 0.6 is 23.5 Å². The van der Waals surface area contributed by atoms with Gasteiger partial charge in [-0.25, -0.2) is 9.97 Å². The first-order chi connectivity index (χ1) is 15.0. The lowest BCUT2D eigenvalue weighted by atomic mass is 10.3. The predicted molar refractivity (Wildman–Crippen MR) is 121 cm³/mol. The van der Waals surface area contributed by atoms with Crippen LogP contribution in [0.5, 0.6) is 5.75 Å². The van der Waals surface area contributed by atoms with Gasteiger partial charge in [-0.05, 0) is 58.0 Å². The van der Waals surface area contributed by atoms with Crippen molar-refractivity contribution < 1.29 is 14.3 Å². The molecule has 0 aliphatic carbocycles. The number of carbonyl (C=O) groups is 1. The van der Waals surface area contributed by atoms with E-state index in [0.29, 0.717) is 29.3 Å². The van der Waals surface area contributed by atoms with Crippen molar-refractivity contribution in [2.24, 2.45) is 0 Å². The van der Waals surface area contributed by atoms with Gasteiger partial charge in [-0.3, -0.25) is 9.36 Å². The summed E-state index contributed by atoms with van der Waals surface area (Å²) in [6.45, 7) is 8.58. The highest BCUT2D eigenvalue weighted by atomic mass is 32.2. The fourth-order valence-corrected chi connectivity index (χ4v) is 4.45. The second-order valence-corrected chi connectivity index (χ2v) is 8.36. The highest BCUT2D eigenvalue weighted by Gasteiger charge is 2.17. The summed E-state index contributed by atoms with van der Waals surface area (Å²) >= 11 is 2.79. The number of ether oxygens (including phenoxy) is 2.